The van der Waals surface area contributed by atoms with Crippen LogP contribution in [0.4, 0.5) is 4.79 Å². The Morgan fingerprint density at radius 2 is 2.39 bits per heavy atom. The minimum atomic E-state index is 0.0485. The van der Waals surface area contributed by atoms with Crippen molar-refractivity contribution in [3.8, 4) is 0 Å². The lowest BCUT2D eigenvalue weighted by Gasteiger charge is -2.14. The Kier molecular flexibility index (Phi) is 4.19. The molecule has 2 N–H and O–H groups in total. The summed E-state index contributed by atoms with van der Waals surface area (Å²) >= 11 is 0. The summed E-state index contributed by atoms with van der Waals surface area (Å²) in [5.74, 6) is 0. The van der Waals surface area contributed by atoms with E-state index in [2.05, 4.69) is 22.7 Å². The summed E-state index contributed by atoms with van der Waals surface area (Å²) in [5, 5.41) is 10.6. The minimum Gasteiger partial charge on any atom is -0.336 e. The molecule has 0 aliphatic carbocycles. The fourth-order valence-corrected chi connectivity index (χ4v) is 2.19. The smallest absolute Gasteiger partial charge is 0.317 e. The molecule has 6 heteroatoms. The molecule has 2 heterocycles. The van der Waals surface area contributed by atoms with Gasteiger partial charge in [0.2, 0.25) is 0 Å². The SMILES string of the molecule is CCc1nn(C)cc1CNCCN1CCNC1=O. The van der Waals surface area contributed by atoms with Gasteiger partial charge >= 0.3 is 6.03 Å². The summed E-state index contributed by atoms with van der Waals surface area (Å²) in [6, 6.07) is 0.0485. The fraction of sp³-hybridized carbons (Fsp3) is 0.667. The number of rotatable bonds is 6. The van der Waals surface area contributed by atoms with Gasteiger partial charge in [0.1, 0.15) is 0 Å². The maximum atomic E-state index is 11.3. The van der Waals surface area contributed by atoms with Gasteiger partial charge in [-0.25, -0.2) is 4.79 Å². The lowest BCUT2D eigenvalue weighted by Crippen LogP contribution is -2.34. The molecule has 2 amide bonds. The van der Waals surface area contributed by atoms with E-state index in [0.717, 1.165) is 44.8 Å². The number of hydrogen-bond donors (Lipinski definition) is 2. The lowest BCUT2D eigenvalue weighted by atomic mass is 10.2. The number of nitrogens with one attached hydrogen (secondary N) is 2. The number of amides is 2. The molecule has 0 spiro atoms. The average Bonchev–Trinajstić information content (AvgIpc) is 2.91. The third-order valence-electron chi connectivity index (χ3n) is 3.15. The average molecular weight is 251 g/mol. The van der Waals surface area contributed by atoms with Crippen LogP contribution < -0.4 is 10.6 Å². The summed E-state index contributed by atoms with van der Waals surface area (Å²) in [6.45, 7) is 6.07. The van der Waals surface area contributed by atoms with Crippen LogP contribution in [0, 0.1) is 0 Å². The van der Waals surface area contributed by atoms with Crippen molar-refractivity contribution >= 4 is 6.03 Å². The molecule has 1 fully saturated rings. The van der Waals surface area contributed by atoms with E-state index in [0.29, 0.717) is 0 Å². The van der Waals surface area contributed by atoms with Crippen LogP contribution in [0.2, 0.25) is 0 Å². The molecule has 0 saturated carbocycles. The normalized spacial score (nSPS) is 15.2. The quantitative estimate of drug-likeness (QED) is 0.705. The van der Waals surface area contributed by atoms with Gasteiger partial charge in [-0.15, -0.1) is 0 Å². The molecule has 2 rings (SSSR count). The summed E-state index contributed by atoms with van der Waals surface area (Å²) in [7, 11) is 1.94. The van der Waals surface area contributed by atoms with Crippen molar-refractivity contribution in [3.63, 3.8) is 0 Å². The Balaban J connectivity index is 1.73. The second kappa shape index (κ2) is 5.86. The van der Waals surface area contributed by atoms with Gasteiger partial charge < -0.3 is 15.5 Å². The van der Waals surface area contributed by atoms with Crippen LogP contribution in [0.1, 0.15) is 18.2 Å². The number of urea groups is 1. The molecule has 1 aliphatic rings. The van der Waals surface area contributed by atoms with Crippen LogP contribution in [0.3, 0.4) is 0 Å². The molecule has 0 radical (unpaired) electrons. The summed E-state index contributed by atoms with van der Waals surface area (Å²) in [6.07, 6.45) is 3.00. The van der Waals surface area contributed by atoms with E-state index in [9.17, 15) is 4.79 Å². The number of nitrogens with zero attached hydrogens (tertiary/aromatic N) is 3. The molecule has 1 saturated heterocycles. The first kappa shape index (κ1) is 12.9. The molecule has 18 heavy (non-hydrogen) atoms. The van der Waals surface area contributed by atoms with Crippen molar-refractivity contribution < 1.29 is 4.79 Å². The lowest BCUT2D eigenvalue weighted by molar-refractivity contribution is 0.217. The van der Waals surface area contributed by atoms with E-state index in [4.69, 9.17) is 0 Å². The number of aromatic nitrogens is 2. The van der Waals surface area contributed by atoms with Gasteiger partial charge in [0, 0.05) is 51.5 Å². The molecule has 6 nitrogen and oxygen atoms in total. The summed E-state index contributed by atoms with van der Waals surface area (Å²) in [4.78, 5) is 13.1. The van der Waals surface area contributed by atoms with Crippen molar-refractivity contribution in [1.82, 2.24) is 25.3 Å². The van der Waals surface area contributed by atoms with Crippen LogP contribution >= 0.6 is 0 Å². The largest absolute Gasteiger partial charge is 0.336 e. The zero-order chi connectivity index (χ0) is 13.0. The van der Waals surface area contributed by atoms with Gasteiger partial charge in [0.15, 0.2) is 0 Å². The van der Waals surface area contributed by atoms with E-state index in [1.807, 2.05) is 22.8 Å². The number of aryl methyl sites for hydroxylation is 2. The van der Waals surface area contributed by atoms with Crippen molar-refractivity contribution in [2.75, 3.05) is 26.2 Å². The standard InChI is InChI=1S/C12H21N5O/c1-3-11-10(9-16(2)15-11)8-13-4-6-17-7-5-14-12(17)18/h9,13H,3-8H2,1-2H3,(H,14,18). The molecular formula is C12H21N5O. The minimum absolute atomic E-state index is 0.0485. The summed E-state index contributed by atoms with van der Waals surface area (Å²) < 4.78 is 1.85. The third kappa shape index (κ3) is 3.01. The predicted molar refractivity (Wildman–Crippen MR) is 69.3 cm³/mol. The van der Waals surface area contributed by atoms with Crippen LogP contribution in [-0.2, 0) is 20.0 Å². The van der Waals surface area contributed by atoms with Gasteiger partial charge in [0.05, 0.1) is 5.69 Å². The van der Waals surface area contributed by atoms with Crippen LogP contribution in [0.25, 0.3) is 0 Å². The zero-order valence-electron chi connectivity index (χ0n) is 11.1. The molecule has 0 unspecified atom stereocenters. The highest BCUT2D eigenvalue weighted by molar-refractivity contribution is 5.76. The number of hydrogen-bond acceptors (Lipinski definition) is 3. The van der Waals surface area contributed by atoms with Gasteiger partial charge in [-0.1, -0.05) is 6.92 Å². The highest BCUT2D eigenvalue weighted by Crippen LogP contribution is 2.06. The van der Waals surface area contributed by atoms with Crippen LogP contribution in [-0.4, -0.2) is 46.9 Å². The monoisotopic (exact) mass is 251 g/mol. The van der Waals surface area contributed by atoms with Crippen molar-refractivity contribution in [3.05, 3.63) is 17.5 Å². The molecule has 1 aromatic rings. The van der Waals surface area contributed by atoms with E-state index in [1.54, 1.807) is 0 Å². The predicted octanol–water partition coefficient (Wildman–Crippen LogP) is 0.0973. The highest BCUT2D eigenvalue weighted by atomic mass is 16.2. The fourth-order valence-electron chi connectivity index (χ4n) is 2.19. The maximum absolute atomic E-state index is 11.3. The number of carbonyl (C=O) groups is 1. The first-order valence-corrected chi connectivity index (χ1v) is 6.45. The Bertz CT molecular complexity index is 415. The topological polar surface area (TPSA) is 62.2 Å². The highest BCUT2D eigenvalue weighted by Gasteiger charge is 2.18. The molecule has 0 aromatic carbocycles. The van der Waals surface area contributed by atoms with Gasteiger partial charge in [-0.05, 0) is 6.42 Å². The van der Waals surface area contributed by atoms with E-state index < -0.39 is 0 Å². The van der Waals surface area contributed by atoms with Gasteiger partial charge in [0.25, 0.3) is 0 Å². The molecule has 1 aliphatic heterocycles. The molecular weight excluding hydrogens is 230 g/mol. The molecule has 100 valence electrons. The maximum Gasteiger partial charge on any atom is 0.317 e. The Labute approximate surface area is 107 Å². The third-order valence-corrected chi connectivity index (χ3v) is 3.15. The van der Waals surface area contributed by atoms with E-state index >= 15 is 0 Å². The Morgan fingerprint density at radius 1 is 1.56 bits per heavy atom. The zero-order valence-corrected chi connectivity index (χ0v) is 11.1. The van der Waals surface area contributed by atoms with Crippen molar-refractivity contribution in [1.29, 1.82) is 0 Å². The molecule has 1 aromatic heterocycles. The van der Waals surface area contributed by atoms with Crippen LogP contribution in [0.15, 0.2) is 6.20 Å². The van der Waals surface area contributed by atoms with E-state index in [-0.39, 0.29) is 6.03 Å². The first-order chi connectivity index (χ1) is 8.70. The van der Waals surface area contributed by atoms with Crippen molar-refractivity contribution in [2.24, 2.45) is 7.05 Å². The number of carbonyl (C=O) groups excluding carboxylic acids is 1. The Morgan fingerprint density at radius 3 is 3.06 bits per heavy atom. The van der Waals surface area contributed by atoms with Crippen molar-refractivity contribution in [2.45, 2.75) is 19.9 Å². The second-order valence-electron chi connectivity index (χ2n) is 4.52. The molecule has 0 bridgehead atoms. The summed E-state index contributed by atoms with van der Waals surface area (Å²) in [5.41, 5.74) is 2.38. The van der Waals surface area contributed by atoms with Gasteiger partial charge in [-0.2, -0.15) is 5.10 Å². The van der Waals surface area contributed by atoms with E-state index in [1.165, 1.54) is 5.56 Å². The van der Waals surface area contributed by atoms with Crippen LogP contribution in [0.5, 0.6) is 0 Å². The van der Waals surface area contributed by atoms with Gasteiger partial charge in [-0.3, -0.25) is 4.68 Å². The Hall–Kier alpha value is -1.56. The second-order valence-corrected chi connectivity index (χ2v) is 4.52. The molecule has 0 atom stereocenters. The first-order valence-electron chi connectivity index (χ1n) is 6.45.